The number of aryl methyl sites for hydroxylation is 2. The molecule has 3 saturated heterocycles. The number of carbonyl (C=O) groups excluding carboxylic acids is 3. The molecule has 0 aromatic heterocycles. The molecule has 2 bridgehead atoms. The zero-order chi connectivity index (χ0) is 29.0. The van der Waals surface area contributed by atoms with Gasteiger partial charge in [-0.1, -0.05) is 40.2 Å². The van der Waals surface area contributed by atoms with E-state index in [9.17, 15) is 19.5 Å². The number of hydrogen-bond acceptors (Lipinski definition) is 6. The SMILES string of the molecule is C=CCCCOC(=O)[C@H]1[C@H]2C(=O)N(CCCCCO)C(C(=O)N(CC=C)c3cc(C)ccc3C)C23CC(Br)[C@@H]1O3. The maximum absolute atomic E-state index is 14.6. The van der Waals surface area contributed by atoms with Crippen LogP contribution in [0, 0.1) is 25.7 Å². The smallest absolute Gasteiger partial charge is 0.312 e. The number of allylic oxidation sites excluding steroid dienone is 1. The monoisotopic (exact) mass is 616 g/mol. The quantitative estimate of drug-likeness (QED) is 0.145. The van der Waals surface area contributed by atoms with Crippen molar-refractivity contribution in [2.45, 2.75) is 74.9 Å². The Labute approximate surface area is 245 Å². The highest BCUT2D eigenvalue weighted by molar-refractivity contribution is 9.09. The Bertz CT molecular complexity index is 1140. The number of hydrogen-bond donors (Lipinski definition) is 1. The van der Waals surface area contributed by atoms with Gasteiger partial charge in [-0.25, -0.2) is 0 Å². The van der Waals surface area contributed by atoms with Gasteiger partial charge in [0.1, 0.15) is 11.6 Å². The highest BCUT2D eigenvalue weighted by atomic mass is 79.9. The van der Waals surface area contributed by atoms with Crippen molar-refractivity contribution in [1.29, 1.82) is 0 Å². The number of benzene rings is 1. The van der Waals surface area contributed by atoms with E-state index in [0.717, 1.165) is 23.2 Å². The fourth-order valence-electron chi connectivity index (χ4n) is 6.58. The fourth-order valence-corrected chi connectivity index (χ4v) is 7.52. The first kappa shape index (κ1) is 30.5. The van der Waals surface area contributed by atoms with Crippen LogP contribution in [0.15, 0.2) is 43.5 Å². The number of aliphatic hydroxyl groups is 1. The highest BCUT2D eigenvalue weighted by Crippen LogP contribution is 2.60. The summed E-state index contributed by atoms with van der Waals surface area (Å²) in [5.41, 5.74) is 1.56. The van der Waals surface area contributed by atoms with Crippen molar-refractivity contribution in [3.63, 3.8) is 0 Å². The maximum atomic E-state index is 14.6. The second-order valence-corrected chi connectivity index (χ2v) is 12.3. The van der Waals surface area contributed by atoms with Crippen molar-refractivity contribution in [2.75, 3.05) is 31.2 Å². The lowest BCUT2D eigenvalue weighted by Gasteiger charge is -2.37. The summed E-state index contributed by atoms with van der Waals surface area (Å²) in [5.74, 6) is -2.53. The summed E-state index contributed by atoms with van der Waals surface area (Å²) in [4.78, 5) is 45.3. The van der Waals surface area contributed by atoms with E-state index in [2.05, 4.69) is 29.1 Å². The van der Waals surface area contributed by atoms with Crippen molar-refractivity contribution < 1.29 is 29.0 Å². The van der Waals surface area contributed by atoms with E-state index < -0.39 is 35.6 Å². The molecule has 3 heterocycles. The second-order valence-electron chi connectivity index (χ2n) is 11.1. The first-order valence-electron chi connectivity index (χ1n) is 14.2. The van der Waals surface area contributed by atoms with Crippen LogP contribution in [0.3, 0.4) is 0 Å². The minimum atomic E-state index is -1.15. The normalized spacial score (nSPS) is 28.4. The molecule has 1 spiro atoms. The average molecular weight is 618 g/mol. The molecule has 4 rings (SSSR count). The van der Waals surface area contributed by atoms with Crippen LogP contribution in [0.5, 0.6) is 0 Å². The summed E-state index contributed by atoms with van der Waals surface area (Å²) >= 11 is 3.71. The molecule has 2 amide bonds. The standard InChI is InChI=1S/C31H41BrN2O6/c1-5-7-11-17-39-30(38)24-25-28(36)34(15-9-8-10-16-35)27(31(25)19-22(32)26(24)40-31)29(37)33(14-6-2)23-18-20(3)12-13-21(23)4/h5-6,12-13,18,22,24-27,35H,1-2,7-11,14-17,19H2,3-4H3/t22?,24-,25-,26-,27?,31?/m0/s1. The number of fused-ring (bicyclic) bond motifs is 1. The van der Waals surface area contributed by atoms with Gasteiger partial charge in [0.05, 0.1) is 24.5 Å². The van der Waals surface area contributed by atoms with Gasteiger partial charge >= 0.3 is 5.97 Å². The van der Waals surface area contributed by atoms with Gasteiger partial charge in [-0.05, 0) is 69.6 Å². The number of halogens is 1. The lowest BCUT2D eigenvalue weighted by molar-refractivity contribution is -0.155. The zero-order valence-electron chi connectivity index (χ0n) is 23.5. The number of esters is 1. The predicted molar refractivity (Wildman–Crippen MR) is 157 cm³/mol. The summed E-state index contributed by atoms with van der Waals surface area (Å²) in [7, 11) is 0. The van der Waals surface area contributed by atoms with E-state index in [-0.39, 0.29) is 36.4 Å². The molecule has 0 aliphatic carbocycles. The van der Waals surface area contributed by atoms with Crippen LogP contribution >= 0.6 is 15.9 Å². The predicted octanol–water partition coefficient (Wildman–Crippen LogP) is 4.24. The lowest BCUT2D eigenvalue weighted by atomic mass is 9.70. The summed E-state index contributed by atoms with van der Waals surface area (Å²) < 4.78 is 12.2. The van der Waals surface area contributed by atoms with Gasteiger partial charge in [0, 0.05) is 30.2 Å². The second kappa shape index (κ2) is 13.0. The summed E-state index contributed by atoms with van der Waals surface area (Å²) in [6.45, 7) is 12.4. The number of rotatable bonds is 14. The molecule has 3 fully saturated rings. The van der Waals surface area contributed by atoms with Crippen LogP contribution in [0.4, 0.5) is 5.69 Å². The third-order valence-electron chi connectivity index (χ3n) is 8.38. The van der Waals surface area contributed by atoms with Gasteiger partial charge in [-0.3, -0.25) is 14.4 Å². The molecule has 0 radical (unpaired) electrons. The molecule has 8 nitrogen and oxygen atoms in total. The minimum Gasteiger partial charge on any atom is -0.465 e. The van der Waals surface area contributed by atoms with E-state index in [0.29, 0.717) is 38.6 Å². The first-order valence-corrected chi connectivity index (χ1v) is 15.1. The lowest BCUT2D eigenvalue weighted by Crippen LogP contribution is -2.57. The number of amides is 2. The number of anilines is 1. The number of unbranched alkanes of at least 4 members (excludes halogenated alkanes) is 3. The number of nitrogens with zero attached hydrogens (tertiary/aromatic N) is 2. The third kappa shape index (κ3) is 5.52. The Morgan fingerprint density at radius 2 is 2.00 bits per heavy atom. The van der Waals surface area contributed by atoms with Gasteiger partial charge in [0.2, 0.25) is 5.91 Å². The molecule has 3 aliphatic heterocycles. The van der Waals surface area contributed by atoms with Gasteiger partial charge in [0.15, 0.2) is 0 Å². The van der Waals surface area contributed by atoms with E-state index >= 15 is 0 Å². The fraction of sp³-hybridized carbons (Fsp3) is 0.581. The average Bonchev–Trinajstić information content (AvgIpc) is 3.52. The van der Waals surface area contributed by atoms with E-state index in [1.807, 2.05) is 32.0 Å². The van der Waals surface area contributed by atoms with E-state index in [4.69, 9.17) is 9.47 Å². The van der Waals surface area contributed by atoms with Crippen LogP contribution < -0.4 is 4.90 Å². The number of aliphatic hydroxyl groups excluding tert-OH is 1. The Kier molecular flexibility index (Phi) is 9.90. The van der Waals surface area contributed by atoms with Crippen molar-refractivity contribution >= 4 is 39.4 Å². The maximum Gasteiger partial charge on any atom is 0.312 e. The minimum absolute atomic E-state index is 0.0679. The van der Waals surface area contributed by atoms with Crippen LogP contribution in [0.2, 0.25) is 0 Å². The molecular formula is C31H41BrN2O6. The number of alkyl halides is 1. The Balaban J connectivity index is 1.73. The van der Waals surface area contributed by atoms with E-state index in [1.165, 1.54) is 0 Å². The number of likely N-dealkylation sites (tertiary alicyclic amines) is 1. The molecule has 3 aliphatic rings. The summed E-state index contributed by atoms with van der Waals surface area (Å²) in [5, 5.41) is 9.27. The molecule has 6 atom stereocenters. The first-order chi connectivity index (χ1) is 19.2. The number of carbonyl (C=O) groups is 3. The van der Waals surface area contributed by atoms with Gasteiger partial charge in [0.25, 0.3) is 5.91 Å². The van der Waals surface area contributed by atoms with Crippen LogP contribution in [0.25, 0.3) is 0 Å². The largest absolute Gasteiger partial charge is 0.465 e. The molecule has 218 valence electrons. The third-order valence-corrected chi connectivity index (χ3v) is 9.23. The Morgan fingerprint density at radius 3 is 2.70 bits per heavy atom. The van der Waals surface area contributed by atoms with Crippen molar-refractivity contribution in [1.82, 2.24) is 4.90 Å². The topological polar surface area (TPSA) is 96.4 Å². The highest BCUT2D eigenvalue weighted by Gasteiger charge is 2.77. The van der Waals surface area contributed by atoms with Crippen molar-refractivity contribution in [2.24, 2.45) is 11.8 Å². The summed E-state index contributed by atoms with van der Waals surface area (Å²) in [6, 6.07) is 5.05. The molecule has 1 N–H and O–H groups in total. The summed E-state index contributed by atoms with van der Waals surface area (Å²) in [6.07, 6.45) is 6.67. The van der Waals surface area contributed by atoms with Gasteiger partial charge in [-0.15, -0.1) is 13.2 Å². The Hall–Kier alpha value is -2.49. The van der Waals surface area contributed by atoms with Crippen molar-refractivity contribution in [3.05, 3.63) is 54.6 Å². The van der Waals surface area contributed by atoms with Crippen LogP contribution in [-0.2, 0) is 23.9 Å². The molecule has 3 unspecified atom stereocenters. The van der Waals surface area contributed by atoms with Crippen LogP contribution in [0.1, 0.15) is 49.7 Å². The van der Waals surface area contributed by atoms with Crippen LogP contribution in [-0.4, -0.2) is 76.7 Å². The molecule has 40 heavy (non-hydrogen) atoms. The molecular weight excluding hydrogens is 576 g/mol. The van der Waals surface area contributed by atoms with Gasteiger partial charge in [-0.2, -0.15) is 0 Å². The molecule has 1 aromatic rings. The molecule has 1 aromatic carbocycles. The van der Waals surface area contributed by atoms with Gasteiger partial charge < -0.3 is 24.4 Å². The Morgan fingerprint density at radius 1 is 1.23 bits per heavy atom. The van der Waals surface area contributed by atoms with Crippen molar-refractivity contribution in [3.8, 4) is 0 Å². The van der Waals surface area contributed by atoms with E-state index in [1.54, 1.807) is 22.0 Å². The molecule has 0 saturated carbocycles. The number of ether oxygens (including phenoxy) is 2. The molecule has 9 heteroatoms. The zero-order valence-corrected chi connectivity index (χ0v) is 25.1.